The lowest BCUT2D eigenvalue weighted by Gasteiger charge is -2.04. The molecule has 0 saturated carbocycles. The lowest BCUT2D eigenvalue weighted by atomic mass is 10.0. The largest absolute Gasteiger partial charge is 0.384 e. The van der Waals surface area contributed by atoms with E-state index in [1.165, 1.54) is 11.1 Å². The summed E-state index contributed by atoms with van der Waals surface area (Å²) in [5.41, 5.74) is 9.25. The molecule has 2 rings (SSSR count). The normalized spacial score (nSPS) is 11.3. The lowest BCUT2D eigenvalue weighted by Crippen LogP contribution is -1.88. The summed E-state index contributed by atoms with van der Waals surface area (Å²) in [6.07, 6.45) is 5.85. The number of benzene rings is 1. The van der Waals surface area contributed by atoms with Gasteiger partial charge in [0.2, 0.25) is 0 Å². The van der Waals surface area contributed by atoms with E-state index in [1.807, 2.05) is 18.2 Å². The molecule has 0 aliphatic carbocycles. The van der Waals surface area contributed by atoms with Gasteiger partial charge in [-0.3, -0.25) is 0 Å². The highest BCUT2D eigenvalue weighted by Gasteiger charge is 1.97. The Labute approximate surface area is 108 Å². The zero-order valence-electron chi connectivity index (χ0n) is 10.8. The quantitative estimate of drug-likeness (QED) is 0.879. The molecule has 2 N–H and O–H groups in total. The minimum absolute atomic E-state index is 0.548. The SMILES string of the molecule is CC(C)c1ccc(/C=C/c2ccnc(N)c2)cc1. The number of nitrogens with two attached hydrogens (primary N) is 1. The molecule has 0 amide bonds. The topological polar surface area (TPSA) is 38.9 Å². The molecule has 2 heteroatoms. The minimum atomic E-state index is 0.548. The number of nitrogen functional groups attached to an aromatic ring is 1. The van der Waals surface area contributed by atoms with Crippen molar-refractivity contribution in [1.82, 2.24) is 4.98 Å². The molecule has 0 spiro atoms. The Morgan fingerprint density at radius 2 is 1.67 bits per heavy atom. The third-order valence-corrected chi connectivity index (χ3v) is 2.88. The van der Waals surface area contributed by atoms with E-state index in [-0.39, 0.29) is 0 Å². The van der Waals surface area contributed by atoms with Gasteiger partial charge in [-0.15, -0.1) is 0 Å². The van der Waals surface area contributed by atoms with E-state index < -0.39 is 0 Å². The van der Waals surface area contributed by atoms with Crippen molar-refractivity contribution in [2.24, 2.45) is 0 Å². The standard InChI is InChI=1S/C16H18N2/c1-12(2)15-7-5-13(6-8-15)3-4-14-9-10-18-16(17)11-14/h3-12H,1-2H3,(H2,17,18)/b4-3+. The van der Waals surface area contributed by atoms with Crippen LogP contribution >= 0.6 is 0 Å². The fourth-order valence-electron chi connectivity index (χ4n) is 1.75. The second-order valence-corrected chi connectivity index (χ2v) is 4.67. The summed E-state index contributed by atoms with van der Waals surface area (Å²) in [7, 11) is 0. The molecular weight excluding hydrogens is 220 g/mol. The van der Waals surface area contributed by atoms with Gasteiger partial charge in [-0.2, -0.15) is 0 Å². The first kappa shape index (κ1) is 12.4. The molecule has 0 saturated heterocycles. The maximum atomic E-state index is 5.64. The van der Waals surface area contributed by atoms with E-state index in [2.05, 4.69) is 49.2 Å². The zero-order valence-corrected chi connectivity index (χ0v) is 10.8. The zero-order chi connectivity index (χ0) is 13.0. The van der Waals surface area contributed by atoms with Crippen molar-refractivity contribution < 1.29 is 0 Å². The second kappa shape index (κ2) is 5.50. The maximum Gasteiger partial charge on any atom is 0.123 e. The van der Waals surface area contributed by atoms with Gasteiger partial charge < -0.3 is 5.73 Å². The van der Waals surface area contributed by atoms with E-state index in [1.54, 1.807) is 6.20 Å². The molecule has 0 atom stereocenters. The Morgan fingerprint density at radius 1 is 1.00 bits per heavy atom. The molecule has 1 heterocycles. The molecule has 0 aliphatic heterocycles. The van der Waals surface area contributed by atoms with Crippen LogP contribution in [0, 0.1) is 0 Å². The van der Waals surface area contributed by atoms with Crippen molar-refractivity contribution in [3.63, 3.8) is 0 Å². The van der Waals surface area contributed by atoms with Crippen LogP contribution < -0.4 is 5.73 Å². The van der Waals surface area contributed by atoms with E-state index in [9.17, 15) is 0 Å². The molecule has 92 valence electrons. The number of nitrogens with zero attached hydrogens (tertiary/aromatic N) is 1. The Balaban J connectivity index is 2.14. The van der Waals surface area contributed by atoms with E-state index in [0.717, 1.165) is 5.56 Å². The van der Waals surface area contributed by atoms with Crippen LogP contribution in [0.5, 0.6) is 0 Å². The average Bonchev–Trinajstić information content (AvgIpc) is 2.37. The Hall–Kier alpha value is -2.09. The van der Waals surface area contributed by atoms with Crippen molar-refractivity contribution in [3.8, 4) is 0 Å². The number of rotatable bonds is 3. The van der Waals surface area contributed by atoms with Crippen molar-refractivity contribution in [3.05, 3.63) is 59.3 Å². The molecule has 0 radical (unpaired) electrons. The number of hydrogen-bond acceptors (Lipinski definition) is 2. The molecule has 2 nitrogen and oxygen atoms in total. The maximum absolute atomic E-state index is 5.64. The summed E-state index contributed by atoms with van der Waals surface area (Å²) in [5, 5.41) is 0. The van der Waals surface area contributed by atoms with Gasteiger partial charge >= 0.3 is 0 Å². The van der Waals surface area contributed by atoms with Gasteiger partial charge in [-0.05, 0) is 34.7 Å². The van der Waals surface area contributed by atoms with Crippen molar-refractivity contribution in [2.45, 2.75) is 19.8 Å². The van der Waals surface area contributed by atoms with E-state index >= 15 is 0 Å². The molecule has 18 heavy (non-hydrogen) atoms. The predicted molar refractivity (Wildman–Crippen MR) is 78.1 cm³/mol. The molecule has 0 unspecified atom stereocenters. The van der Waals surface area contributed by atoms with Crippen LogP contribution in [0.25, 0.3) is 12.2 Å². The monoisotopic (exact) mass is 238 g/mol. The fraction of sp³-hybridized carbons (Fsp3) is 0.188. The summed E-state index contributed by atoms with van der Waals surface area (Å²) in [4.78, 5) is 3.97. The molecule has 0 aliphatic rings. The predicted octanol–water partition coefficient (Wildman–Crippen LogP) is 3.96. The van der Waals surface area contributed by atoms with E-state index in [4.69, 9.17) is 5.73 Å². The molecule has 1 aromatic carbocycles. The van der Waals surface area contributed by atoms with E-state index in [0.29, 0.717) is 11.7 Å². The van der Waals surface area contributed by atoms with Crippen LogP contribution in [-0.4, -0.2) is 4.98 Å². The average molecular weight is 238 g/mol. The first-order valence-corrected chi connectivity index (χ1v) is 6.15. The van der Waals surface area contributed by atoms with Crippen molar-refractivity contribution in [2.75, 3.05) is 5.73 Å². The number of anilines is 1. The van der Waals surface area contributed by atoms with Gasteiger partial charge in [-0.1, -0.05) is 50.3 Å². The van der Waals surface area contributed by atoms with Crippen LogP contribution in [0.15, 0.2) is 42.6 Å². The first-order chi connectivity index (χ1) is 8.65. The van der Waals surface area contributed by atoms with Gasteiger partial charge in [0, 0.05) is 6.20 Å². The van der Waals surface area contributed by atoms with Crippen LogP contribution in [0.4, 0.5) is 5.82 Å². The summed E-state index contributed by atoms with van der Waals surface area (Å²) >= 11 is 0. The van der Waals surface area contributed by atoms with Crippen molar-refractivity contribution >= 4 is 18.0 Å². The Kier molecular flexibility index (Phi) is 3.78. The van der Waals surface area contributed by atoms with Gasteiger partial charge in [0.1, 0.15) is 5.82 Å². The minimum Gasteiger partial charge on any atom is -0.384 e. The van der Waals surface area contributed by atoms with Gasteiger partial charge in [0.05, 0.1) is 0 Å². The highest BCUT2D eigenvalue weighted by molar-refractivity contribution is 5.70. The first-order valence-electron chi connectivity index (χ1n) is 6.15. The van der Waals surface area contributed by atoms with Gasteiger partial charge in [-0.25, -0.2) is 4.98 Å². The summed E-state index contributed by atoms with van der Waals surface area (Å²) in [6, 6.07) is 12.4. The summed E-state index contributed by atoms with van der Waals surface area (Å²) in [5.74, 6) is 1.12. The highest BCUT2D eigenvalue weighted by atomic mass is 14.8. The third kappa shape index (κ3) is 3.20. The molecule has 0 fully saturated rings. The Morgan fingerprint density at radius 3 is 2.28 bits per heavy atom. The number of hydrogen-bond donors (Lipinski definition) is 1. The Bertz CT molecular complexity index is 539. The van der Waals surface area contributed by atoms with Crippen LogP contribution in [0.3, 0.4) is 0 Å². The van der Waals surface area contributed by atoms with Gasteiger partial charge in [0.15, 0.2) is 0 Å². The van der Waals surface area contributed by atoms with Crippen LogP contribution in [-0.2, 0) is 0 Å². The number of aromatic nitrogens is 1. The molecule has 2 aromatic rings. The summed E-state index contributed by atoms with van der Waals surface area (Å²) in [6.45, 7) is 4.40. The number of pyridine rings is 1. The van der Waals surface area contributed by atoms with Crippen LogP contribution in [0.2, 0.25) is 0 Å². The second-order valence-electron chi connectivity index (χ2n) is 4.67. The van der Waals surface area contributed by atoms with Gasteiger partial charge in [0.25, 0.3) is 0 Å². The molecule has 1 aromatic heterocycles. The smallest absolute Gasteiger partial charge is 0.123 e. The summed E-state index contributed by atoms with van der Waals surface area (Å²) < 4.78 is 0. The van der Waals surface area contributed by atoms with Crippen molar-refractivity contribution in [1.29, 1.82) is 0 Å². The van der Waals surface area contributed by atoms with Crippen LogP contribution in [0.1, 0.15) is 36.5 Å². The highest BCUT2D eigenvalue weighted by Crippen LogP contribution is 2.16. The third-order valence-electron chi connectivity index (χ3n) is 2.88. The molecule has 0 bridgehead atoms. The lowest BCUT2D eigenvalue weighted by molar-refractivity contribution is 0.866. The fourth-order valence-corrected chi connectivity index (χ4v) is 1.75. The molecular formula is C16H18N2.